The van der Waals surface area contributed by atoms with Crippen LogP contribution in [0.3, 0.4) is 0 Å². The van der Waals surface area contributed by atoms with Crippen molar-refractivity contribution in [3.05, 3.63) is 57.0 Å². The zero-order chi connectivity index (χ0) is 18.3. The highest BCUT2D eigenvalue weighted by atomic mass is 32.1. The number of thiophene rings is 1. The van der Waals surface area contributed by atoms with Crippen LogP contribution in [0, 0.1) is 13.8 Å². The molecule has 7 heteroatoms. The Balaban J connectivity index is 1.56. The molecule has 3 heterocycles. The second kappa shape index (κ2) is 6.57. The third-order valence-electron chi connectivity index (χ3n) is 4.76. The van der Waals surface area contributed by atoms with Crippen LogP contribution in [0.15, 0.2) is 35.4 Å². The number of carbonyl (C=O) groups excluding carboxylic acids is 1. The number of hydrogen-bond donors (Lipinski definition) is 1. The van der Waals surface area contributed by atoms with Crippen LogP contribution in [0.2, 0.25) is 0 Å². The fraction of sp³-hybridized carbons (Fsp3) is 0.316. The zero-order valence-electron chi connectivity index (χ0n) is 14.6. The van der Waals surface area contributed by atoms with E-state index in [-0.39, 0.29) is 24.1 Å². The summed E-state index contributed by atoms with van der Waals surface area (Å²) in [7, 11) is 0. The highest BCUT2D eigenvalue weighted by molar-refractivity contribution is 7.18. The number of carbonyl (C=O) groups is 1. The van der Waals surface area contributed by atoms with Gasteiger partial charge in [0.25, 0.3) is 5.56 Å². The van der Waals surface area contributed by atoms with Crippen molar-refractivity contribution in [2.45, 2.75) is 32.9 Å². The van der Waals surface area contributed by atoms with E-state index >= 15 is 0 Å². The summed E-state index contributed by atoms with van der Waals surface area (Å²) in [5, 5.41) is 3.63. The summed E-state index contributed by atoms with van der Waals surface area (Å²) < 4.78 is 7.00. The Hall–Kier alpha value is -2.67. The summed E-state index contributed by atoms with van der Waals surface area (Å²) in [4.78, 5) is 31.4. The van der Waals surface area contributed by atoms with E-state index in [1.807, 2.05) is 38.1 Å². The van der Waals surface area contributed by atoms with Gasteiger partial charge in [0.05, 0.1) is 24.4 Å². The molecule has 134 valence electrons. The zero-order valence-corrected chi connectivity index (χ0v) is 15.4. The molecular formula is C19H19N3O3S. The number of rotatable bonds is 3. The number of ether oxygens (including phenoxy) is 1. The minimum Gasteiger partial charge on any atom is -0.493 e. The third kappa shape index (κ3) is 2.88. The van der Waals surface area contributed by atoms with E-state index in [1.54, 1.807) is 0 Å². The second-order valence-corrected chi connectivity index (χ2v) is 7.64. The molecule has 0 aliphatic carbocycles. The van der Waals surface area contributed by atoms with Crippen molar-refractivity contribution in [2.24, 2.45) is 0 Å². The summed E-state index contributed by atoms with van der Waals surface area (Å²) in [6.45, 7) is 4.40. The molecule has 0 saturated carbocycles. The molecule has 0 fully saturated rings. The number of nitrogens with one attached hydrogen (secondary N) is 1. The normalized spacial score (nSPS) is 16.2. The average Bonchev–Trinajstić information content (AvgIpc) is 2.93. The van der Waals surface area contributed by atoms with Crippen LogP contribution < -0.4 is 15.6 Å². The van der Waals surface area contributed by atoms with E-state index in [4.69, 9.17) is 4.74 Å². The largest absolute Gasteiger partial charge is 0.493 e. The maximum Gasteiger partial charge on any atom is 0.262 e. The number of amides is 1. The van der Waals surface area contributed by atoms with E-state index in [1.165, 1.54) is 22.2 Å². The molecule has 4 rings (SSSR count). The molecule has 3 aromatic rings. The van der Waals surface area contributed by atoms with Gasteiger partial charge in [0.1, 0.15) is 17.1 Å². The lowest BCUT2D eigenvalue weighted by atomic mass is 10.0. The van der Waals surface area contributed by atoms with E-state index in [2.05, 4.69) is 10.3 Å². The van der Waals surface area contributed by atoms with Crippen molar-refractivity contribution in [1.29, 1.82) is 0 Å². The van der Waals surface area contributed by atoms with Gasteiger partial charge < -0.3 is 10.1 Å². The first-order chi connectivity index (χ1) is 12.5. The van der Waals surface area contributed by atoms with Gasteiger partial charge in [-0.15, -0.1) is 11.3 Å². The van der Waals surface area contributed by atoms with Gasteiger partial charge in [-0.3, -0.25) is 14.2 Å². The number of nitrogens with zero attached hydrogens (tertiary/aromatic N) is 2. The lowest BCUT2D eigenvalue weighted by Crippen LogP contribution is -2.36. The van der Waals surface area contributed by atoms with Crippen LogP contribution >= 0.6 is 11.3 Å². The average molecular weight is 369 g/mol. The second-order valence-electron chi connectivity index (χ2n) is 6.44. The first kappa shape index (κ1) is 16.8. The molecule has 1 atom stereocenters. The topological polar surface area (TPSA) is 73.2 Å². The Morgan fingerprint density at radius 2 is 2.19 bits per heavy atom. The van der Waals surface area contributed by atoms with Gasteiger partial charge in [-0.1, -0.05) is 18.2 Å². The van der Waals surface area contributed by atoms with Crippen LogP contribution in [0.1, 0.15) is 28.5 Å². The standard InChI is InChI=1S/C19H19N3O3S/c1-11-12(2)26-18-17(11)19(24)22(10-20-18)9-16(23)21-14-7-8-25-15-6-4-3-5-13(14)15/h3-6,10,14H,7-9H2,1-2H3,(H,21,23). The molecule has 0 spiro atoms. The number of fused-ring (bicyclic) bond motifs is 2. The summed E-state index contributed by atoms with van der Waals surface area (Å²) in [5.74, 6) is 0.591. The Morgan fingerprint density at radius 1 is 1.38 bits per heavy atom. The predicted octanol–water partition coefficient (Wildman–Crippen LogP) is 2.71. The SMILES string of the molecule is Cc1sc2ncn(CC(=O)NC3CCOc4ccccc43)c(=O)c2c1C. The molecule has 0 bridgehead atoms. The Kier molecular flexibility index (Phi) is 4.24. The van der Waals surface area contributed by atoms with E-state index in [9.17, 15) is 9.59 Å². The maximum atomic E-state index is 12.7. The Morgan fingerprint density at radius 3 is 3.04 bits per heavy atom. The summed E-state index contributed by atoms with van der Waals surface area (Å²) in [6.07, 6.45) is 2.16. The van der Waals surface area contributed by atoms with Gasteiger partial charge in [-0.05, 0) is 25.5 Å². The van der Waals surface area contributed by atoms with Gasteiger partial charge in [-0.2, -0.15) is 0 Å². The van der Waals surface area contributed by atoms with Crippen molar-refractivity contribution in [1.82, 2.24) is 14.9 Å². The molecule has 1 aliphatic rings. The van der Waals surface area contributed by atoms with Crippen molar-refractivity contribution in [3.8, 4) is 5.75 Å². The van der Waals surface area contributed by atoms with E-state index in [0.29, 0.717) is 18.4 Å². The van der Waals surface area contributed by atoms with Crippen LogP contribution in [0.25, 0.3) is 10.2 Å². The minimum absolute atomic E-state index is 0.0460. The van der Waals surface area contributed by atoms with Crippen LogP contribution in [-0.2, 0) is 11.3 Å². The van der Waals surface area contributed by atoms with Crippen LogP contribution in [0.4, 0.5) is 0 Å². The van der Waals surface area contributed by atoms with Gasteiger partial charge in [0.15, 0.2) is 0 Å². The smallest absolute Gasteiger partial charge is 0.262 e. The molecule has 2 aromatic heterocycles. The van der Waals surface area contributed by atoms with Crippen molar-refractivity contribution in [3.63, 3.8) is 0 Å². The fourth-order valence-corrected chi connectivity index (χ4v) is 4.26. The monoisotopic (exact) mass is 369 g/mol. The highest BCUT2D eigenvalue weighted by Crippen LogP contribution is 2.31. The first-order valence-electron chi connectivity index (χ1n) is 8.51. The predicted molar refractivity (Wildman–Crippen MR) is 101 cm³/mol. The van der Waals surface area contributed by atoms with Crippen LogP contribution in [-0.4, -0.2) is 22.1 Å². The molecule has 1 amide bonds. The van der Waals surface area contributed by atoms with Crippen molar-refractivity contribution >= 4 is 27.5 Å². The maximum absolute atomic E-state index is 12.7. The fourth-order valence-electron chi connectivity index (χ4n) is 3.27. The molecule has 1 unspecified atom stereocenters. The van der Waals surface area contributed by atoms with Gasteiger partial charge >= 0.3 is 0 Å². The lowest BCUT2D eigenvalue weighted by molar-refractivity contribution is -0.122. The summed E-state index contributed by atoms with van der Waals surface area (Å²) >= 11 is 1.50. The quantitative estimate of drug-likeness (QED) is 0.770. The number of aryl methyl sites for hydroxylation is 2. The van der Waals surface area contributed by atoms with E-state index in [0.717, 1.165) is 26.6 Å². The molecule has 6 nitrogen and oxygen atoms in total. The molecule has 0 radical (unpaired) electrons. The molecular weight excluding hydrogens is 350 g/mol. The lowest BCUT2D eigenvalue weighted by Gasteiger charge is -2.26. The molecule has 0 saturated heterocycles. The molecule has 1 aromatic carbocycles. The van der Waals surface area contributed by atoms with Gasteiger partial charge in [-0.25, -0.2) is 4.98 Å². The van der Waals surface area contributed by atoms with Crippen LogP contribution in [0.5, 0.6) is 5.75 Å². The third-order valence-corrected chi connectivity index (χ3v) is 5.88. The first-order valence-corrected chi connectivity index (χ1v) is 9.32. The van der Waals surface area contributed by atoms with Gasteiger partial charge in [0.2, 0.25) is 5.91 Å². The minimum atomic E-state index is -0.209. The van der Waals surface area contributed by atoms with Crippen molar-refractivity contribution in [2.75, 3.05) is 6.61 Å². The Labute approximate surface area is 154 Å². The highest BCUT2D eigenvalue weighted by Gasteiger charge is 2.23. The number of benzene rings is 1. The molecule has 26 heavy (non-hydrogen) atoms. The number of aromatic nitrogens is 2. The van der Waals surface area contributed by atoms with Gasteiger partial charge in [0, 0.05) is 16.9 Å². The molecule has 1 aliphatic heterocycles. The number of para-hydroxylation sites is 1. The molecule has 1 N–H and O–H groups in total. The van der Waals surface area contributed by atoms with Crippen molar-refractivity contribution < 1.29 is 9.53 Å². The summed E-state index contributed by atoms with van der Waals surface area (Å²) in [5.41, 5.74) is 1.74. The summed E-state index contributed by atoms with van der Waals surface area (Å²) in [6, 6.07) is 7.59. The van der Waals surface area contributed by atoms with E-state index < -0.39 is 0 Å². The number of hydrogen-bond acceptors (Lipinski definition) is 5. The Bertz CT molecular complexity index is 1050.